The number of nitrogen functional groups attached to an aromatic ring is 1. The lowest BCUT2D eigenvalue weighted by molar-refractivity contribution is 0.138. The number of nitrogens with one attached hydrogen (secondary N) is 1. The number of halogens is 1. The summed E-state index contributed by atoms with van der Waals surface area (Å²) in [6.45, 7) is 3.03. The smallest absolute Gasteiger partial charge is 0.297 e. The van der Waals surface area contributed by atoms with Crippen LogP contribution in [0.1, 0.15) is 24.4 Å². The van der Waals surface area contributed by atoms with E-state index in [1.807, 2.05) is 13.0 Å². The van der Waals surface area contributed by atoms with Crippen molar-refractivity contribution < 1.29 is 18.2 Å². The van der Waals surface area contributed by atoms with Crippen molar-refractivity contribution in [2.75, 3.05) is 38.2 Å². The van der Waals surface area contributed by atoms with E-state index in [1.165, 1.54) is 6.33 Å². The van der Waals surface area contributed by atoms with Gasteiger partial charge in [-0.05, 0) is 38.9 Å². The number of H-pyrrole nitrogens is 1. The van der Waals surface area contributed by atoms with E-state index in [4.69, 9.17) is 31.0 Å². The topological polar surface area (TPSA) is 142 Å². The zero-order chi connectivity index (χ0) is 23.1. The van der Waals surface area contributed by atoms with E-state index < -0.39 is 13.1 Å². The number of nitrogens with zero attached hydrogens (tertiary/aromatic N) is 4. The average Bonchev–Trinajstić information content (AvgIpc) is 3.36. The first-order valence-electron chi connectivity index (χ1n) is 10.2. The van der Waals surface area contributed by atoms with Crippen LogP contribution in [0.15, 0.2) is 27.7 Å². The highest BCUT2D eigenvalue weighted by atomic mass is 35.5. The molecule has 0 spiro atoms. The zero-order valence-electron chi connectivity index (χ0n) is 18.1. The summed E-state index contributed by atoms with van der Waals surface area (Å²) in [7, 11) is -1.54. The molecule has 0 aliphatic heterocycles. The van der Waals surface area contributed by atoms with Gasteiger partial charge in [-0.15, -0.1) is 11.6 Å². The number of imidazole rings is 1. The first-order valence-corrected chi connectivity index (χ1v) is 12.5. The number of furan rings is 1. The van der Waals surface area contributed by atoms with Gasteiger partial charge in [0, 0.05) is 19.0 Å². The summed E-state index contributed by atoms with van der Waals surface area (Å²) < 4.78 is 33.9. The molecule has 3 rings (SSSR count). The Labute approximate surface area is 190 Å². The maximum absolute atomic E-state index is 13.6. The van der Waals surface area contributed by atoms with Crippen LogP contribution in [0, 0.1) is 6.92 Å². The lowest BCUT2D eigenvalue weighted by Gasteiger charge is -2.27. The number of hydrogen-bond donors (Lipinski definition) is 2. The quantitative estimate of drug-likeness (QED) is 0.212. The van der Waals surface area contributed by atoms with Crippen molar-refractivity contribution in [2.24, 2.45) is 0 Å². The fourth-order valence-corrected chi connectivity index (χ4v) is 4.82. The Kier molecular flexibility index (Phi) is 8.50. The number of anilines is 1. The number of unbranched alkanes of at least 4 members (excludes halogenated alkanes) is 1. The Morgan fingerprint density at radius 3 is 2.91 bits per heavy atom. The highest BCUT2D eigenvalue weighted by Crippen LogP contribution is 2.50. The summed E-state index contributed by atoms with van der Waals surface area (Å²) in [5.74, 6) is 1.90. The van der Waals surface area contributed by atoms with Crippen molar-refractivity contribution in [3.05, 3.63) is 40.3 Å². The number of ether oxygens (including phenoxy) is 1. The molecule has 1 unspecified atom stereocenters. The van der Waals surface area contributed by atoms with Gasteiger partial charge in [0.1, 0.15) is 24.5 Å². The van der Waals surface area contributed by atoms with Gasteiger partial charge in [0.15, 0.2) is 11.2 Å². The third-order valence-electron chi connectivity index (χ3n) is 4.81. The second-order valence-electron chi connectivity index (χ2n) is 7.30. The third-order valence-corrected chi connectivity index (χ3v) is 7.36. The highest BCUT2D eigenvalue weighted by molar-refractivity contribution is 7.56. The fraction of sp³-hybridized carbons (Fsp3) is 0.526. The monoisotopic (exact) mass is 486 g/mol. The van der Waals surface area contributed by atoms with Crippen LogP contribution < -0.4 is 11.3 Å². The van der Waals surface area contributed by atoms with Crippen molar-refractivity contribution in [1.29, 1.82) is 0 Å². The average molecular weight is 487 g/mol. The predicted molar refractivity (Wildman–Crippen MR) is 122 cm³/mol. The molecule has 0 aromatic carbocycles. The minimum absolute atomic E-state index is 0.00908. The number of alkyl halides is 1. The maximum atomic E-state index is 13.6. The maximum Gasteiger partial charge on any atom is 0.297 e. The third kappa shape index (κ3) is 6.20. The Morgan fingerprint density at radius 1 is 1.38 bits per heavy atom. The molecule has 3 N–H and O–H groups in total. The van der Waals surface area contributed by atoms with Crippen molar-refractivity contribution in [3.8, 4) is 0 Å². The van der Waals surface area contributed by atoms with Gasteiger partial charge >= 0.3 is 0 Å². The van der Waals surface area contributed by atoms with Gasteiger partial charge in [0.25, 0.3) is 13.1 Å². The number of nitrogens with two attached hydrogens (primary N) is 1. The summed E-state index contributed by atoms with van der Waals surface area (Å²) in [6, 6.07) is 3.62. The molecule has 13 heteroatoms. The van der Waals surface area contributed by atoms with E-state index in [0.717, 1.165) is 18.6 Å². The van der Waals surface area contributed by atoms with Crippen molar-refractivity contribution >= 4 is 36.2 Å². The van der Waals surface area contributed by atoms with Crippen molar-refractivity contribution in [3.63, 3.8) is 0 Å². The van der Waals surface area contributed by atoms with Gasteiger partial charge in [-0.25, -0.2) is 9.65 Å². The van der Waals surface area contributed by atoms with Crippen LogP contribution in [0.4, 0.5) is 5.95 Å². The lowest BCUT2D eigenvalue weighted by atomic mass is 10.3. The molecular weight excluding hydrogens is 459 g/mol. The van der Waals surface area contributed by atoms with E-state index >= 15 is 0 Å². The largest absolute Gasteiger partial charge is 0.464 e. The van der Waals surface area contributed by atoms with E-state index in [1.54, 1.807) is 22.4 Å². The molecule has 0 saturated heterocycles. The molecule has 0 saturated carbocycles. The van der Waals surface area contributed by atoms with Gasteiger partial charge in [-0.1, -0.05) is 0 Å². The Bertz CT molecular complexity index is 1130. The summed E-state index contributed by atoms with van der Waals surface area (Å²) >= 11 is 5.76. The minimum Gasteiger partial charge on any atom is -0.464 e. The van der Waals surface area contributed by atoms with Crippen LogP contribution in [-0.2, 0) is 27.0 Å². The molecule has 0 aliphatic carbocycles. The molecule has 32 heavy (non-hydrogen) atoms. The number of rotatable bonds is 13. The molecule has 0 fully saturated rings. The standard InChI is InChI=1S/C19H28ClN6O5P/c1-14-5-6-15(31-14)11-30-32(28,25(2)8-4-3-7-20)13-29-10-9-26-12-22-16-17(26)23-19(21)24-18(16)27/h5-6,12H,3-4,7-11,13H2,1-2H3,(H3,21,23,24,27). The van der Waals surface area contributed by atoms with Crippen LogP contribution >= 0.6 is 19.1 Å². The first-order chi connectivity index (χ1) is 15.3. The SMILES string of the molecule is Cc1ccc(COP(=O)(COCCn2cnc3c(=O)[nH]c(N)nc32)N(C)CCCCCl)o1. The summed E-state index contributed by atoms with van der Waals surface area (Å²) in [4.78, 5) is 22.5. The van der Waals surface area contributed by atoms with Gasteiger partial charge in [0.2, 0.25) is 5.95 Å². The first kappa shape index (κ1) is 24.5. The van der Waals surface area contributed by atoms with Crippen molar-refractivity contribution in [2.45, 2.75) is 32.9 Å². The molecule has 176 valence electrons. The Morgan fingerprint density at radius 2 is 2.19 bits per heavy atom. The van der Waals surface area contributed by atoms with Crippen molar-refractivity contribution in [1.82, 2.24) is 24.2 Å². The van der Waals surface area contributed by atoms with E-state index in [2.05, 4.69) is 15.0 Å². The minimum atomic E-state index is -3.28. The van der Waals surface area contributed by atoms with E-state index in [0.29, 0.717) is 30.4 Å². The molecular formula is C19H28ClN6O5P. The highest BCUT2D eigenvalue weighted by Gasteiger charge is 2.30. The lowest BCUT2D eigenvalue weighted by Crippen LogP contribution is -2.22. The molecule has 0 aliphatic rings. The Hall–Kier alpha value is -2.17. The number of hydrogen-bond acceptors (Lipinski definition) is 8. The second kappa shape index (κ2) is 11.1. The van der Waals surface area contributed by atoms with Gasteiger partial charge in [-0.2, -0.15) is 4.98 Å². The fourth-order valence-electron chi connectivity index (χ4n) is 3.03. The molecule has 3 aromatic rings. The number of aromatic amines is 1. The summed E-state index contributed by atoms with van der Waals surface area (Å²) in [5.41, 5.74) is 5.77. The number of aryl methyl sites for hydroxylation is 1. The predicted octanol–water partition coefficient (Wildman–Crippen LogP) is 2.94. The summed E-state index contributed by atoms with van der Waals surface area (Å²) in [6.07, 6.45) is 2.99. The normalized spacial score (nSPS) is 13.8. The second-order valence-corrected chi connectivity index (χ2v) is 10.2. The molecule has 1 atom stereocenters. The van der Waals surface area contributed by atoms with Crippen LogP contribution in [0.3, 0.4) is 0 Å². The molecule has 0 radical (unpaired) electrons. The summed E-state index contributed by atoms with van der Waals surface area (Å²) in [5, 5.41) is 0. The molecule has 3 aromatic heterocycles. The van der Waals surface area contributed by atoms with E-state index in [-0.39, 0.29) is 31.0 Å². The van der Waals surface area contributed by atoms with Gasteiger partial charge in [-0.3, -0.25) is 14.3 Å². The number of aromatic nitrogens is 4. The van der Waals surface area contributed by atoms with Crippen LogP contribution in [0.2, 0.25) is 0 Å². The van der Waals surface area contributed by atoms with Crippen LogP contribution in [-0.4, -0.2) is 56.6 Å². The van der Waals surface area contributed by atoms with Gasteiger partial charge in [0.05, 0.1) is 12.9 Å². The van der Waals surface area contributed by atoms with Gasteiger partial charge < -0.3 is 24.0 Å². The number of fused-ring (bicyclic) bond motifs is 1. The van der Waals surface area contributed by atoms with Crippen LogP contribution in [0.5, 0.6) is 0 Å². The molecule has 0 amide bonds. The Balaban J connectivity index is 1.61. The van der Waals surface area contributed by atoms with E-state index in [9.17, 15) is 9.36 Å². The molecule has 11 nitrogen and oxygen atoms in total. The molecule has 3 heterocycles. The zero-order valence-corrected chi connectivity index (χ0v) is 19.8. The van der Waals surface area contributed by atoms with Crippen LogP contribution in [0.25, 0.3) is 11.2 Å². The molecule has 0 bridgehead atoms.